The molecule has 0 spiro atoms. The van der Waals surface area contributed by atoms with Crippen LogP contribution in [-0.4, -0.2) is 31.6 Å². The highest BCUT2D eigenvalue weighted by Crippen LogP contribution is 2.19. The van der Waals surface area contributed by atoms with Crippen LogP contribution >= 0.6 is 11.3 Å². The van der Waals surface area contributed by atoms with Gasteiger partial charge in [0, 0.05) is 18.0 Å². The first kappa shape index (κ1) is 15.2. The molecule has 0 aliphatic heterocycles. The second kappa shape index (κ2) is 6.90. The van der Waals surface area contributed by atoms with E-state index in [9.17, 15) is 4.79 Å². The molecule has 0 aromatic carbocycles. The normalized spacial score (nSPS) is 13.1. The molecular formula is C14H23NO2S. The number of thiophene rings is 1. The predicted octanol–water partition coefficient (Wildman–Crippen LogP) is 2.93. The first-order valence-electron chi connectivity index (χ1n) is 6.25. The van der Waals surface area contributed by atoms with Crippen molar-refractivity contribution >= 4 is 17.3 Å². The zero-order chi connectivity index (χ0) is 13.7. The van der Waals surface area contributed by atoms with Crippen LogP contribution in [0.1, 0.15) is 24.3 Å². The van der Waals surface area contributed by atoms with Gasteiger partial charge in [-0.1, -0.05) is 13.8 Å². The molecule has 3 nitrogen and oxygen atoms in total. The standard InChI is InChI=1S/C14H23NO2S/c1-10(2)12(14(16)17-5)8-15(4)9-13-11(3)6-7-18-13/h6-7,10,12H,8-9H2,1-5H3. The van der Waals surface area contributed by atoms with Crippen LogP contribution in [0.5, 0.6) is 0 Å². The van der Waals surface area contributed by atoms with E-state index in [0.29, 0.717) is 5.92 Å². The number of hydrogen-bond acceptors (Lipinski definition) is 4. The third-order valence-corrected chi connectivity index (χ3v) is 4.21. The maximum Gasteiger partial charge on any atom is 0.310 e. The molecule has 1 heterocycles. The summed E-state index contributed by atoms with van der Waals surface area (Å²) < 4.78 is 4.87. The fraction of sp³-hybridized carbons (Fsp3) is 0.643. The third-order valence-electron chi connectivity index (χ3n) is 3.20. The molecule has 0 saturated carbocycles. The minimum atomic E-state index is -0.111. The number of hydrogen-bond donors (Lipinski definition) is 0. The first-order chi connectivity index (χ1) is 8.45. The van der Waals surface area contributed by atoms with E-state index >= 15 is 0 Å². The molecule has 1 unspecified atom stereocenters. The lowest BCUT2D eigenvalue weighted by Gasteiger charge is -2.24. The van der Waals surface area contributed by atoms with Gasteiger partial charge >= 0.3 is 5.97 Å². The molecule has 0 saturated heterocycles. The molecular weight excluding hydrogens is 246 g/mol. The average molecular weight is 269 g/mol. The Morgan fingerprint density at radius 2 is 2.17 bits per heavy atom. The smallest absolute Gasteiger partial charge is 0.310 e. The number of methoxy groups -OCH3 is 1. The van der Waals surface area contributed by atoms with E-state index in [1.807, 2.05) is 0 Å². The summed E-state index contributed by atoms with van der Waals surface area (Å²) in [4.78, 5) is 15.3. The quantitative estimate of drug-likeness (QED) is 0.744. The molecule has 0 amide bonds. The lowest BCUT2D eigenvalue weighted by Crippen LogP contribution is -2.34. The van der Waals surface area contributed by atoms with Crippen molar-refractivity contribution in [3.8, 4) is 0 Å². The van der Waals surface area contributed by atoms with Gasteiger partial charge in [-0.15, -0.1) is 11.3 Å². The van der Waals surface area contributed by atoms with Gasteiger partial charge in [0.2, 0.25) is 0 Å². The number of rotatable bonds is 6. The predicted molar refractivity (Wildman–Crippen MR) is 75.7 cm³/mol. The molecule has 1 atom stereocenters. The zero-order valence-corrected chi connectivity index (χ0v) is 12.7. The minimum absolute atomic E-state index is 0.0553. The number of carbonyl (C=O) groups is 1. The van der Waals surface area contributed by atoms with Gasteiger partial charge in [-0.2, -0.15) is 0 Å². The minimum Gasteiger partial charge on any atom is -0.469 e. The van der Waals surface area contributed by atoms with Crippen LogP contribution < -0.4 is 0 Å². The number of carbonyl (C=O) groups excluding carboxylic acids is 1. The fourth-order valence-electron chi connectivity index (χ4n) is 1.92. The van der Waals surface area contributed by atoms with E-state index in [2.05, 4.69) is 44.2 Å². The van der Waals surface area contributed by atoms with E-state index in [-0.39, 0.29) is 11.9 Å². The molecule has 1 aromatic heterocycles. The van der Waals surface area contributed by atoms with Crippen molar-refractivity contribution < 1.29 is 9.53 Å². The molecule has 18 heavy (non-hydrogen) atoms. The summed E-state index contributed by atoms with van der Waals surface area (Å²) in [7, 11) is 3.51. The Hall–Kier alpha value is -0.870. The molecule has 0 N–H and O–H groups in total. The molecule has 0 fully saturated rings. The maximum atomic E-state index is 11.7. The van der Waals surface area contributed by atoms with Crippen molar-refractivity contribution in [1.29, 1.82) is 0 Å². The Balaban J connectivity index is 2.59. The summed E-state index contributed by atoms with van der Waals surface area (Å²) >= 11 is 1.77. The van der Waals surface area contributed by atoms with Gasteiger partial charge in [-0.25, -0.2) is 0 Å². The summed E-state index contributed by atoms with van der Waals surface area (Å²) in [6.45, 7) is 7.88. The van der Waals surface area contributed by atoms with Crippen LogP contribution in [0.2, 0.25) is 0 Å². The van der Waals surface area contributed by atoms with E-state index in [4.69, 9.17) is 4.74 Å². The van der Waals surface area contributed by atoms with Crippen molar-refractivity contribution in [3.63, 3.8) is 0 Å². The molecule has 4 heteroatoms. The van der Waals surface area contributed by atoms with Gasteiger partial charge in [-0.3, -0.25) is 4.79 Å². The zero-order valence-electron chi connectivity index (χ0n) is 11.9. The van der Waals surface area contributed by atoms with Crippen LogP contribution in [0, 0.1) is 18.8 Å². The topological polar surface area (TPSA) is 29.5 Å². The monoisotopic (exact) mass is 269 g/mol. The fourth-order valence-corrected chi connectivity index (χ4v) is 2.91. The van der Waals surface area contributed by atoms with Crippen molar-refractivity contribution in [2.45, 2.75) is 27.3 Å². The highest BCUT2D eigenvalue weighted by Gasteiger charge is 2.24. The molecule has 102 valence electrons. The first-order valence-corrected chi connectivity index (χ1v) is 7.13. The van der Waals surface area contributed by atoms with Crippen LogP contribution in [0.3, 0.4) is 0 Å². The van der Waals surface area contributed by atoms with Crippen LogP contribution in [-0.2, 0) is 16.1 Å². The van der Waals surface area contributed by atoms with Gasteiger partial charge in [0.1, 0.15) is 0 Å². The van der Waals surface area contributed by atoms with E-state index in [0.717, 1.165) is 13.1 Å². The average Bonchev–Trinajstić information content (AvgIpc) is 2.70. The van der Waals surface area contributed by atoms with E-state index < -0.39 is 0 Å². The molecule has 0 radical (unpaired) electrons. The molecule has 1 rings (SSSR count). The van der Waals surface area contributed by atoms with Gasteiger partial charge < -0.3 is 9.64 Å². The second-order valence-corrected chi connectivity index (χ2v) is 6.10. The number of aryl methyl sites for hydroxylation is 1. The Bertz CT molecular complexity index is 387. The Labute approximate surface area is 114 Å². The number of esters is 1. The lowest BCUT2D eigenvalue weighted by molar-refractivity contribution is -0.147. The molecule has 1 aromatic rings. The van der Waals surface area contributed by atoms with Crippen LogP contribution in [0.25, 0.3) is 0 Å². The largest absolute Gasteiger partial charge is 0.469 e. The van der Waals surface area contributed by atoms with Gasteiger partial charge in [0.15, 0.2) is 0 Å². The third kappa shape index (κ3) is 4.10. The van der Waals surface area contributed by atoms with Crippen molar-refractivity contribution in [1.82, 2.24) is 4.90 Å². The number of nitrogens with zero attached hydrogens (tertiary/aromatic N) is 1. The maximum absolute atomic E-state index is 11.7. The van der Waals surface area contributed by atoms with E-state index in [1.165, 1.54) is 17.6 Å². The Morgan fingerprint density at radius 3 is 2.61 bits per heavy atom. The SMILES string of the molecule is COC(=O)C(CN(C)Cc1sccc1C)C(C)C. The molecule has 0 aliphatic rings. The van der Waals surface area contributed by atoms with Gasteiger partial charge in [-0.05, 0) is 36.9 Å². The molecule has 0 bridgehead atoms. The van der Waals surface area contributed by atoms with Gasteiger partial charge in [0.05, 0.1) is 13.0 Å². The summed E-state index contributed by atoms with van der Waals surface area (Å²) in [5.74, 6) is 0.129. The van der Waals surface area contributed by atoms with E-state index in [1.54, 1.807) is 11.3 Å². The van der Waals surface area contributed by atoms with Crippen molar-refractivity contribution in [2.75, 3.05) is 20.7 Å². The van der Waals surface area contributed by atoms with Crippen LogP contribution in [0.4, 0.5) is 0 Å². The van der Waals surface area contributed by atoms with Crippen molar-refractivity contribution in [2.24, 2.45) is 11.8 Å². The highest BCUT2D eigenvalue weighted by atomic mass is 32.1. The molecule has 0 aliphatic carbocycles. The summed E-state index contributed by atoms with van der Waals surface area (Å²) in [6.07, 6.45) is 0. The summed E-state index contributed by atoms with van der Waals surface area (Å²) in [5, 5.41) is 2.11. The lowest BCUT2D eigenvalue weighted by atomic mass is 9.95. The number of ether oxygens (including phenoxy) is 1. The van der Waals surface area contributed by atoms with Crippen LogP contribution in [0.15, 0.2) is 11.4 Å². The Kier molecular flexibility index (Phi) is 5.82. The second-order valence-electron chi connectivity index (χ2n) is 5.10. The Morgan fingerprint density at radius 1 is 1.50 bits per heavy atom. The summed E-state index contributed by atoms with van der Waals surface area (Å²) in [6, 6.07) is 2.13. The van der Waals surface area contributed by atoms with Gasteiger partial charge in [0.25, 0.3) is 0 Å². The highest BCUT2D eigenvalue weighted by molar-refractivity contribution is 7.10. The van der Waals surface area contributed by atoms with Crippen molar-refractivity contribution in [3.05, 3.63) is 21.9 Å². The summed E-state index contributed by atoms with van der Waals surface area (Å²) in [5.41, 5.74) is 1.33.